The van der Waals surface area contributed by atoms with E-state index in [4.69, 9.17) is 5.84 Å². The topological polar surface area (TPSA) is 117 Å². The number of nitrogen functional groups attached to an aromatic ring is 1. The molecule has 0 aliphatic carbocycles. The Hall–Kier alpha value is -2.48. The Balaban J connectivity index is 2.13. The largest absolute Gasteiger partial charge is 0.325 e. The molecule has 0 unspecified atom stereocenters. The summed E-state index contributed by atoms with van der Waals surface area (Å²) in [4.78, 5) is 40.1. The summed E-state index contributed by atoms with van der Waals surface area (Å²) in [5.41, 5.74) is 1.88. The van der Waals surface area contributed by atoms with E-state index in [9.17, 15) is 14.4 Å². The number of aromatic nitrogens is 1. The summed E-state index contributed by atoms with van der Waals surface area (Å²) in [6.45, 7) is 3.32. The SMILES string of the molecule is CC1(C)NC(=O)N(Cc2ccc(C(=O)NN)cn2)C1=O. The van der Waals surface area contributed by atoms with E-state index in [2.05, 4.69) is 10.3 Å². The zero-order valence-electron chi connectivity index (χ0n) is 11.1. The number of carbonyl (C=O) groups excluding carboxylic acids is 3. The minimum atomic E-state index is -0.906. The molecule has 4 N–H and O–H groups in total. The third-order valence-corrected chi connectivity index (χ3v) is 2.98. The highest BCUT2D eigenvalue weighted by Crippen LogP contribution is 2.18. The standard InChI is InChI=1S/C12H15N5O3/c1-12(2)10(19)17(11(20)15-12)6-8-4-3-7(5-14-8)9(18)16-13/h3-5H,6,13H2,1-2H3,(H,15,20)(H,16,18). The summed E-state index contributed by atoms with van der Waals surface area (Å²) in [7, 11) is 0. The van der Waals surface area contributed by atoms with Crippen LogP contribution in [0.4, 0.5) is 4.79 Å². The fraction of sp³-hybridized carbons (Fsp3) is 0.333. The Labute approximate surface area is 115 Å². The van der Waals surface area contributed by atoms with Crippen LogP contribution in [0.15, 0.2) is 18.3 Å². The highest BCUT2D eigenvalue weighted by molar-refractivity contribution is 6.06. The first-order chi connectivity index (χ1) is 9.35. The highest BCUT2D eigenvalue weighted by atomic mass is 16.2. The lowest BCUT2D eigenvalue weighted by Gasteiger charge is -2.15. The van der Waals surface area contributed by atoms with Crippen LogP contribution in [-0.2, 0) is 11.3 Å². The molecule has 1 aliphatic heterocycles. The van der Waals surface area contributed by atoms with Crippen LogP contribution >= 0.6 is 0 Å². The predicted octanol–water partition coefficient (Wildman–Crippen LogP) is -0.484. The number of imide groups is 1. The number of pyridine rings is 1. The molecule has 0 aromatic carbocycles. The molecule has 4 amide bonds. The number of nitrogens with zero attached hydrogens (tertiary/aromatic N) is 2. The molecule has 0 bridgehead atoms. The minimum absolute atomic E-state index is 0.0542. The van der Waals surface area contributed by atoms with Crippen LogP contribution in [0.2, 0.25) is 0 Å². The number of nitrogens with one attached hydrogen (secondary N) is 2. The summed E-state index contributed by atoms with van der Waals surface area (Å²) in [6.07, 6.45) is 1.33. The average Bonchev–Trinajstić information content (AvgIpc) is 2.61. The summed E-state index contributed by atoms with van der Waals surface area (Å²) >= 11 is 0. The van der Waals surface area contributed by atoms with Gasteiger partial charge in [-0.2, -0.15) is 0 Å². The molecule has 1 aromatic rings. The molecule has 8 heteroatoms. The first-order valence-corrected chi connectivity index (χ1v) is 5.95. The quantitative estimate of drug-likeness (QED) is 0.298. The van der Waals surface area contributed by atoms with E-state index >= 15 is 0 Å². The molecule has 0 saturated carbocycles. The smallest absolute Gasteiger partial charge is 0.324 e. The second kappa shape index (κ2) is 4.89. The van der Waals surface area contributed by atoms with Crippen molar-refractivity contribution in [3.8, 4) is 0 Å². The van der Waals surface area contributed by atoms with E-state index < -0.39 is 17.5 Å². The summed E-state index contributed by atoms with van der Waals surface area (Å²) in [6, 6.07) is 2.63. The maximum Gasteiger partial charge on any atom is 0.325 e. The van der Waals surface area contributed by atoms with Crippen molar-refractivity contribution in [2.75, 3.05) is 0 Å². The zero-order chi connectivity index (χ0) is 14.9. The first kappa shape index (κ1) is 13.9. The highest BCUT2D eigenvalue weighted by Gasteiger charge is 2.44. The second-order valence-electron chi connectivity index (χ2n) is 4.96. The maximum absolute atomic E-state index is 12.0. The molecule has 0 radical (unpaired) electrons. The van der Waals surface area contributed by atoms with E-state index in [1.54, 1.807) is 19.9 Å². The Morgan fingerprint density at radius 1 is 1.45 bits per heavy atom. The third kappa shape index (κ3) is 2.45. The Morgan fingerprint density at radius 3 is 2.60 bits per heavy atom. The molecular weight excluding hydrogens is 262 g/mol. The molecule has 1 aliphatic rings. The number of urea groups is 1. The number of nitrogens with two attached hydrogens (primary N) is 1. The normalized spacial score (nSPS) is 17.1. The van der Waals surface area contributed by atoms with Crippen molar-refractivity contribution in [3.63, 3.8) is 0 Å². The summed E-state index contributed by atoms with van der Waals surface area (Å²) in [5.74, 6) is 4.24. The molecule has 1 saturated heterocycles. The van der Waals surface area contributed by atoms with Gasteiger partial charge in [-0.05, 0) is 26.0 Å². The molecule has 1 fully saturated rings. The lowest BCUT2D eigenvalue weighted by atomic mass is 10.1. The number of hydrogen-bond donors (Lipinski definition) is 3. The van der Waals surface area contributed by atoms with Gasteiger partial charge in [-0.25, -0.2) is 10.6 Å². The number of amides is 4. The monoisotopic (exact) mass is 277 g/mol. The second-order valence-corrected chi connectivity index (χ2v) is 4.96. The van der Waals surface area contributed by atoms with Crippen LogP contribution in [0, 0.1) is 0 Å². The van der Waals surface area contributed by atoms with Crippen molar-refractivity contribution in [2.24, 2.45) is 5.84 Å². The van der Waals surface area contributed by atoms with Crippen molar-refractivity contribution < 1.29 is 14.4 Å². The average molecular weight is 277 g/mol. The molecule has 2 rings (SSSR count). The molecule has 0 spiro atoms. The van der Waals surface area contributed by atoms with Gasteiger partial charge in [0.05, 0.1) is 17.8 Å². The van der Waals surface area contributed by atoms with Crippen molar-refractivity contribution in [1.29, 1.82) is 0 Å². The Bertz CT molecular complexity index is 567. The van der Waals surface area contributed by atoms with Crippen LogP contribution in [0.1, 0.15) is 29.9 Å². The van der Waals surface area contributed by atoms with E-state index in [0.29, 0.717) is 11.3 Å². The van der Waals surface area contributed by atoms with Crippen LogP contribution in [-0.4, -0.2) is 33.3 Å². The van der Waals surface area contributed by atoms with E-state index in [0.717, 1.165) is 4.90 Å². The van der Waals surface area contributed by atoms with Gasteiger partial charge >= 0.3 is 6.03 Å². The van der Waals surface area contributed by atoms with Crippen molar-refractivity contribution in [3.05, 3.63) is 29.6 Å². The molecular formula is C12H15N5O3. The predicted molar refractivity (Wildman–Crippen MR) is 69.1 cm³/mol. The van der Waals surface area contributed by atoms with Crippen molar-refractivity contribution in [1.82, 2.24) is 20.6 Å². The van der Waals surface area contributed by atoms with Gasteiger partial charge in [-0.15, -0.1) is 0 Å². The minimum Gasteiger partial charge on any atom is -0.324 e. The van der Waals surface area contributed by atoms with Gasteiger partial charge in [0, 0.05) is 6.20 Å². The van der Waals surface area contributed by atoms with Crippen LogP contribution in [0.5, 0.6) is 0 Å². The lowest BCUT2D eigenvalue weighted by molar-refractivity contribution is -0.130. The lowest BCUT2D eigenvalue weighted by Crippen LogP contribution is -2.40. The summed E-state index contributed by atoms with van der Waals surface area (Å²) < 4.78 is 0. The Morgan fingerprint density at radius 2 is 2.15 bits per heavy atom. The van der Waals surface area contributed by atoms with Crippen molar-refractivity contribution in [2.45, 2.75) is 25.9 Å². The van der Waals surface area contributed by atoms with Crippen LogP contribution in [0.25, 0.3) is 0 Å². The molecule has 20 heavy (non-hydrogen) atoms. The first-order valence-electron chi connectivity index (χ1n) is 5.95. The number of hydrazine groups is 1. The third-order valence-electron chi connectivity index (χ3n) is 2.98. The fourth-order valence-electron chi connectivity index (χ4n) is 1.86. The number of hydrogen-bond acceptors (Lipinski definition) is 5. The van der Waals surface area contributed by atoms with E-state index in [-0.39, 0.29) is 12.5 Å². The van der Waals surface area contributed by atoms with Gasteiger partial charge in [-0.1, -0.05) is 0 Å². The zero-order valence-corrected chi connectivity index (χ0v) is 11.1. The molecule has 1 aromatic heterocycles. The molecule has 8 nitrogen and oxygen atoms in total. The van der Waals surface area contributed by atoms with Gasteiger partial charge in [-0.3, -0.25) is 24.9 Å². The number of carbonyl (C=O) groups is 3. The fourth-order valence-corrected chi connectivity index (χ4v) is 1.86. The Kier molecular flexibility index (Phi) is 3.41. The van der Waals surface area contributed by atoms with Crippen LogP contribution < -0.4 is 16.6 Å². The van der Waals surface area contributed by atoms with Gasteiger partial charge in [0.25, 0.3) is 11.8 Å². The van der Waals surface area contributed by atoms with Gasteiger partial charge in [0.2, 0.25) is 0 Å². The molecule has 0 atom stereocenters. The van der Waals surface area contributed by atoms with E-state index in [1.165, 1.54) is 12.3 Å². The van der Waals surface area contributed by atoms with E-state index in [1.807, 2.05) is 5.43 Å². The van der Waals surface area contributed by atoms with Gasteiger partial charge in [0.1, 0.15) is 5.54 Å². The summed E-state index contributed by atoms with van der Waals surface area (Å²) in [5, 5.41) is 2.58. The van der Waals surface area contributed by atoms with Crippen molar-refractivity contribution >= 4 is 17.8 Å². The molecule has 2 heterocycles. The van der Waals surface area contributed by atoms with Gasteiger partial charge in [0.15, 0.2) is 0 Å². The number of rotatable bonds is 3. The van der Waals surface area contributed by atoms with Crippen LogP contribution in [0.3, 0.4) is 0 Å². The molecule has 106 valence electrons. The van der Waals surface area contributed by atoms with Gasteiger partial charge < -0.3 is 5.32 Å². The maximum atomic E-state index is 12.0.